The van der Waals surface area contributed by atoms with Gasteiger partial charge in [-0.25, -0.2) is 0 Å². The van der Waals surface area contributed by atoms with Crippen LogP contribution < -0.4 is 20.1 Å². The number of hydrogen-bond acceptors (Lipinski definition) is 4. The second kappa shape index (κ2) is 10.8. The van der Waals surface area contributed by atoms with E-state index in [1.165, 1.54) is 30.9 Å². The van der Waals surface area contributed by atoms with Crippen molar-refractivity contribution >= 4 is 11.8 Å². The summed E-state index contributed by atoms with van der Waals surface area (Å²) in [5, 5.41) is 5.91. The van der Waals surface area contributed by atoms with Crippen molar-refractivity contribution in [2.24, 2.45) is 5.92 Å². The fraction of sp³-hybridized carbons (Fsp3) is 0.440. The van der Waals surface area contributed by atoms with Crippen molar-refractivity contribution in [3.63, 3.8) is 0 Å². The molecule has 31 heavy (non-hydrogen) atoms. The Kier molecular flexibility index (Phi) is 8.48. The summed E-state index contributed by atoms with van der Waals surface area (Å²) < 4.78 is 10.5. The van der Waals surface area contributed by atoms with E-state index in [1.54, 1.807) is 18.2 Å². The van der Waals surface area contributed by atoms with E-state index < -0.39 is 6.04 Å². The largest absolute Gasteiger partial charge is 0.497 e. The van der Waals surface area contributed by atoms with Crippen molar-refractivity contribution in [1.29, 1.82) is 0 Å². The molecule has 0 saturated heterocycles. The zero-order chi connectivity index (χ0) is 23.1. The Balaban J connectivity index is 2.09. The SMILES string of the molecule is COc1cc(OC)cc(C(=O)NC(C(=O)NC(C)Cc2ccc(C)cc2C)C(C)C)c1. The first kappa shape index (κ1) is 24.3. The number of rotatable bonds is 9. The average molecular weight is 427 g/mol. The van der Waals surface area contributed by atoms with Gasteiger partial charge >= 0.3 is 0 Å². The highest BCUT2D eigenvalue weighted by atomic mass is 16.5. The topological polar surface area (TPSA) is 76.7 Å². The van der Waals surface area contributed by atoms with Gasteiger partial charge in [-0.05, 0) is 56.4 Å². The van der Waals surface area contributed by atoms with E-state index in [4.69, 9.17) is 9.47 Å². The van der Waals surface area contributed by atoms with Crippen molar-refractivity contribution < 1.29 is 19.1 Å². The van der Waals surface area contributed by atoms with Crippen molar-refractivity contribution in [2.45, 2.75) is 53.1 Å². The van der Waals surface area contributed by atoms with Gasteiger partial charge in [0.2, 0.25) is 5.91 Å². The molecule has 2 unspecified atom stereocenters. The maximum absolute atomic E-state index is 13.0. The van der Waals surface area contributed by atoms with Crippen molar-refractivity contribution in [2.75, 3.05) is 14.2 Å². The van der Waals surface area contributed by atoms with Gasteiger partial charge in [-0.15, -0.1) is 0 Å². The van der Waals surface area contributed by atoms with Crippen LogP contribution in [0.3, 0.4) is 0 Å². The number of aryl methyl sites for hydroxylation is 2. The third-order valence-corrected chi connectivity index (χ3v) is 5.26. The smallest absolute Gasteiger partial charge is 0.252 e. The summed E-state index contributed by atoms with van der Waals surface area (Å²) in [5.41, 5.74) is 4.00. The standard InChI is InChI=1S/C25H34N2O4/c1-15(2)23(27-24(28)20-12-21(30-6)14-22(13-20)31-7)25(29)26-18(5)11-19-9-8-16(3)10-17(19)4/h8-10,12-15,18,23H,11H2,1-7H3,(H,26,29)(H,27,28). The first-order valence-corrected chi connectivity index (χ1v) is 10.5. The molecule has 2 rings (SSSR count). The Labute approximate surface area is 185 Å². The molecule has 2 atom stereocenters. The van der Waals surface area contributed by atoms with Gasteiger partial charge in [0.1, 0.15) is 17.5 Å². The molecule has 0 aromatic heterocycles. The van der Waals surface area contributed by atoms with E-state index in [0.29, 0.717) is 17.1 Å². The second-order valence-electron chi connectivity index (χ2n) is 8.34. The number of nitrogens with one attached hydrogen (secondary N) is 2. The Bertz CT molecular complexity index is 901. The molecule has 0 heterocycles. The zero-order valence-corrected chi connectivity index (χ0v) is 19.5. The molecule has 0 aliphatic heterocycles. The van der Waals surface area contributed by atoms with Gasteiger partial charge in [0, 0.05) is 17.7 Å². The molecule has 6 heteroatoms. The van der Waals surface area contributed by atoms with Crippen LogP contribution in [0.1, 0.15) is 47.8 Å². The summed E-state index contributed by atoms with van der Waals surface area (Å²) >= 11 is 0. The fourth-order valence-corrected chi connectivity index (χ4v) is 3.49. The number of benzene rings is 2. The lowest BCUT2D eigenvalue weighted by Gasteiger charge is -2.24. The first-order valence-electron chi connectivity index (χ1n) is 10.5. The van der Waals surface area contributed by atoms with Crippen molar-refractivity contribution in [1.82, 2.24) is 10.6 Å². The number of amides is 2. The van der Waals surface area contributed by atoms with Gasteiger partial charge in [-0.2, -0.15) is 0 Å². The van der Waals surface area contributed by atoms with Gasteiger partial charge in [0.15, 0.2) is 0 Å². The number of carbonyl (C=O) groups is 2. The molecular weight excluding hydrogens is 392 g/mol. The average Bonchev–Trinajstić information content (AvgIpc) is 2.72. The normalized spacial score (nSPS) is 12.8. The Morgan fingerprint density at radius 1 is 0.903 bits per heavy atom. The van der Waals surface area contributed by atoms with Crippen LogP contribution in [-0.4, -0.2) is 38.1 Å². The van der Waals surface area contributed by atoms with Crippen LogP contribution in [0, 0.1) is 19.8 Å². The van der Waals surface area contributed by atoms with E-state index in [0.717, 1.165) is 6.42 Å². The third-order valence-electron chi connectivity index (χ3n) is 5.26. The third kappa shape index (κ3) is 6.74. The van der Waals surface area contributed by atoms with Crippen LogP contribution in [0.2, 0.25) is 0 Å². The molecule has 2 aromatic rings. The number of methoxy groups -OCH3 is 2. The molecular formula is C25H34N2O4. The quantitative estimate of drug-likeness (QED) is 0.639. The summed E-state index contributed by atoms with van der Waals surface area (Å²) in [7, 11) is 3.05. The number of ether oxygens (including phenoxy) is 2. The predicted molar refractivity (Wildman–Crippen MR) is 123 cm³/mol. The lowest BCUT2D eigenvalue weighted by molar-refractivity contribution is -0.124. The van der Waals surface area contributed by atoms with Crippen molar-refractivity contribution in [3.8, 4) is 11.5 Å². The van der Waals surface area contributed by atoms with Gasteiger partial charge < -0.3 is 20.1 Å². The van der Waals surface area contributed by atoms with Gasteiger partial charge in [-0.1, -0.05) is 37.6 Å². The molecule has 168 valence electrons. The van der Waals surface area contributed by atoms with Crippen LogP contribution >= 0.6 is 0 Å². The number of carbonyl (C=O) groups excluding carboxylic acids is 2. The highest BCUT2D eigenvalue weighted by Gasteiger charge is 2.26. The minimum Gasteiger partial charge on any atom is -0.497 e. The maximum atomic E-state index is 13.0. The molecule has 0 spiro atoms. The lowest BCUT2D eigenvalue weighted by Crippen LogP contribution is -2.52. The Hall–Kier alpha value is -3.02. The summed E-state index contributed by atoms with van der Waals surface area (Å²) in [6.45, 7) is 9.94. The maximum Gasteiger partial charge on any atom is 0.252 e. The molecule has 2 N–H and O–H groups in total. The highest BCUT2D eigenvalue weighted by Crippen LogP contribution is 2.22. The Morgan fingerprint density at radius 3 is 2.03 bits per heavy atom. The molecule has 0 radical (unpaired) electrons. The zero-order valence-electron chi connectivity index (χ0n) is 19.5. The molecule has 2 aromatic carbocycles. The summed E-state index contributed by atoms with van der Waals surface area (Å²) in [5.74, 6) is 0.391. The van der Waals surface area contributed by atoms with E-state index in [2.05, 4.69) is 42.7 Å². The summed E-state index contributed by atoms with van der Waals surface area (Å²) in [6.07, 6.45) is 0.726. The van der Waals surface area contributed by atoms with E-state index in [1.807, 2.05) is 20.8 Å². The van der Waals surface area contributed by atoms with Crippen LogP contribution in [0.4, 0.5) is 0 Å². The van der Waals surface area contributed by atoms with Crippen LogP contribution in [0.15, 0.2) is 36.4 Å². The molecule has 0 saturated carbocycles. The molecule has 0 aliphatic rings. The van der Waals surface area contributed by atoms with Gasteiger partial charge in [-0.3, -0.25) is 9.59 Å². The molecule has 0 bridgehead atoms. The minimum atomic E-state index is -0.661. The minimum absolute atomic E-state index is 0.0658. The van der Waals surface area contributed by atoms with E-state index >= 15 is 0 Å². The fourth-order valence-electron chi connectivity index (χ4n) is 3.49. The number of hydrogen-bond donors (Lipinski definition) is 2. The summed E-state index contributed by atoms with van der Waals surface area (Å²) in [4.78, 5) is 25.8. The van der Waals surface area contributed by atoms with Gasteiger partial charge in [0.05, 0.1) is 14.2 Å². The summed E-state index contributed by atoms with van der Waals surface area (Å²) in [6, 6.07) is 10.5. The molecule has 0 fully saturated rings. The Morgan fingerprint density at radius 2 is 1.52 bits per heavy atom. The highest BCUT2D eigenvalue weighted by molar-refractivity contribution is 5.98. The van der Waals surface area contributed by atoms with E-state index in [9.17, 15) is 9.59 Å². The molecule has 6 nitrogen and oxygen atoms in total. The lowest BCUT2D eigenvalue weighted by atomic mass is 9.98. The first-order chi connectivity index (χ1) is 14.6. The van der Waals surface area contributed by atoms with Crippen LogP contribution in [0.5, 0.6) is 11.5 Å². The predicted octanol–water partition coefficient (Wildman–Crippen LogP) is 3.82. The van der Waals surface area contributed by atoms with Crippen LogP contribution in [-0.2, 0) is 11.2 Å². The molecule has 2 amide bonds. The second-order valence-corrected chi connectivity index (χ2v) is 8.34. The van der Waals surface area contributed by atoms with Gasteiger partial charge in [0.25, 0.3) is 5.91 Å². The monoisotopic (exact) mass is 426 g/mol. The van der Waals surface area contributed by atoms with Crippen LogP contribution in [0.25, 0.3) is 0 Å². The van der Waals surface area contributed by atoms with Crippen molar-refractivity contribution in [3.05, 3.63) is 58.7 Å². The molecule has 0 aliphatic carbocycles. The van der Waals surface area contributed by atoms with E-state index in [-0.39, 0.29) is 23.8 Å².